The van der Waals surface area contributed by atoms with Crippen LogP contribution in [0.25, 0.3) is 0 Å². The van der Waals surface area contributed by atoms with Gasteiger partial charge in [0.05, 0.1) is 18.7 Å². The lowest BCUT2D eigenvalue weighted by Gasteiger charge is -2.18. The highest BCUT2D eigenvalue weighted by Crippen LogP contribution is 2.30. The van der Waals surface area contributed by atoms with Gasteiger partial charge in [-0.05, 0) is 11.1 Å². The quantitative estimate of drug-likeness (QED) is 0.777. The Labute approximate surface area is 121 Å². The molecule has 2 atom stereocenters. The Kier molecular flexibility index (Phi) is 3.57. The van der Waals surface area contributed by atoms with E-state index in [1.54, 1.807) is 6.92 Å². The van der Waals surface area contributed by atoms with Crippen molar-refractivity contribution in [1.29, 1.82) is 0 Å². The van der Waals surface area contributed by atoms with Crippen molar-refractivity contribution in [2.24, 2.45) is 0 Å². The molecular formula is C14H16N4O3. The maximum atomic E-state index is 11.9. The Morgan fingerprint density at radius 1 is 1.48 bits per heavy atom. The molecule has 7 heteroatoms. The van der Waals surface area contributed by atoms with Crippen molar-refractivity contribution in [3.63, 3.8) is 0 Å². The Balaban J connectivity index is 1.60. The largest absolute Gasteiger partial charge is 0.390 e. The molecule has 2 aromatic rings. The summed E-state index contributed by atoms with van der Waals surface area (Å²) in [4.78, 5) is 15.9. The van der Waals surface area contributed by atoms with Crippen LogP contribution in [0.4, 0.5) is 4.79 Å². The molecule has 1 aliphatic carbocycles. The van der Waals surface area contributed by atoms with Crippen molar-refractivity contribution in [1.82, 2.24) is 20.8 Å². The number of aliphatic hydroxyl groups is 1. The summed E-state index contributed by atoms with van der Waals surface area (Å²) in [7, 11) is 0. The zero-order chi connectivity index (χ0) is 14.8. The molecule has 2 unspecified atom stereocenters. The molecule has 1 aromatic heterocycles. The number of urea groups is 1. The van der Waals surface area contributed by atoms with Crippen molar-refractivity contribution in [3.05, 3.63) is 47.1 Å². The number of hydrogen-bond donors (Lipinski definition) is 3. The standard InChI is InChI=1S/C14H16N4O3/c1-8-16-12(18-21-8)7-15-14(20)17-13-10-5-3-2-4-9(10)6-11(13)19/h2-5,11,13,19H,6-7H2,1H3,(H2,15,17,20). The molecule has 1 aromatic carbocycles. The van der Waals surface area contributed by atoms with Crippen molar-refractivity contribution < 1.29 is 14.4 Å². The van der Waals surface area contributed by atoms with E-state index in [1.807, 2.05) is 24.3 Å². The molecule has 0 aliphatic heterocycles. The summed E-state index contributed by atoms with van der Waals surface area (Å²) in [6, 6.07) is 6.92. The highest BCUT2D eigenvalue weighted by molar-refractivity contribution is 5.74. The van der Waals surface area contributed by atoms with Crippen molar-refractivity contribution in [2.75, 3.05) is 0 Å². The van der Waals surface area contributed by atoms with Gasteiger partial charge in [0.15, 0.2) is 5.82 Å². The molecule has 7 nitrogen and oxygen atoms in total. The first-order valence-corrected chi connectivity index (χ1v) is 6.73. The molecule has 0 fully saturated rings. The third-order valence-electron chi connectivity index (χ3n) is 3.47. The van der Waals surface area contributed by atoms with E-state index in [2.05, 4.69) is 20.8 Å². The number of rotatable bonds is 3. The summed E-state index contributed by atoms with van der Waals surface area (Å²) in [5, 5.41) is 19.2. The fourth-order valence-electron chi connectivity index (χ4n) is 2.51. The van der Waals surface area contributed by atoms with Crippen LogP contribution in [-0.4, -0.2) is 27.4 Å². The van der Waals surface area contributed by atoms with Gasteiger partial charge in [0.2, 0.25) is 5.89 Å². The topological polar surface area (TPSA) is 100 Å². The van der Waals surface area contributed by atoms with E-state index in [4.69, 9.17) is 4.52 Å². The van der Waals surface area contributed by atoms with E-state index in [-0.39, 0.29) is 12.6 Å². The van der Waals surface area contributed by atoms with Gasteiger partial charge in [0.25, 0.3) is 0 Å². The predicted molar refractivity (Wildman–Crippen MR) is 73.3 cm³/mol. The van der Waals surface area contributed by atoms with Gasteiger partial charge >= 0.3 is 6.03 Å². The van der Waals surface area contributed by atoms with E-state index >= 15 is 0 Å². The number of aryl methyl sites for hydroxylation is 1. The van der Waals surface area contributed by atoms with Crippen molar-refractivity contribution in [3.8, 4) is 0 Å². The van der Waals surface area contributed by atoms with Gasteiger partial charge in [-0.3, -0.25) is 0 Å². The van der Waals surface area contributed by atoms with Gasteiger partial charge in [-0.25, -0.2) is 4.79 Å². The fraction of sp³-hybridized carbons (Fsp3) is 0.357. The number of nitrogens with one attached hydrogen (secondary N) is 2. The number of nitrogens with zero attached hydrogens (tertiary/aromatic N) is 2. The Hall–Kier alpha value is -2.41. The minimum Gasteiger partial charge on any atom is -0.390 e. The number of carbonyl (C=O) groups excluding carboxylic acids is 1. The molecule has 0 bridgehead atoms. The second-order valence-corrected chi connectivity index (χ2v) is 5.00. The van der Waals surface area contributed by atoms with Gasteiger partial charge in [-0.2, -0.15) is 4.98 Å². The van der Waals surface area contributed by atoms with Gasteiger partial charge in [-0.1, -0.05) is 29.4 Å². The third kappa shape index (κ3) is 2.87. The van der Waals surface area contributed by atoms with Crippen LogP contribution in [0.2, 0.25) is 0 Å². The van der Waals surface area contributed by atoms with Crippen LogP contribution < -0.4 is 10.6 Å². The minimum atomic E-state index is -0.611. The molecule has 21 heavy (non-hydrogen) atoms. The summed E-state index contributed by atoms with van der Waals surface area (Å²) in [6.45, 7) is 1.86. The second-order valence-electron chi connectivity index (χ2n) is 5.00. The third-order valence-corrected chi connectivity index (χ3v) is 3.47. The lowest BCUT2D eigenvalue weighted by Crippen LogP contribution is -2.40. The molecule has 3 rings (SSSR count). The number of aromatic nitrogens is 2. The van der Waals surface area contributed by atoms with Gasteiger partial charge in [-0.15, -0.1) is 0 Å². The lowest BCUT2D eigenvalue weighted by molar-refractivity contribution is 0.142. The molecule has 110 valence electrons. The molecule has 0 saturated carbocycles. The summed E-state index contributed by atoms with van der Waals surface area (Å²) < 4.78 is 4.82. The molecular weight excluding hydrogens is 272 g/mol. The van der Waals surface area contributed by atoms with E-state index in [1.165, 1.54) is 0 Å². The number of aliphatic hydroxyl groups excluding tert-OH is 1. The highest BCUT2D eigenvalue weighted by Gasteiger charge is 2.31. The summed E-state index contributed by atoms with van der Waals surface area (Å²) in [5.41, 5.74) is 2.01. The molecule has 1 heterocycles. The first-order valence-electron chi connectivity index (χ1n) is 6.73. The van der Waals surface area contributed by atoms with E-state index in [0.717, 1.165) is 11.1 Å². The zero-order valence-corrected chi connectivity index (χ0v) is 11.5. The summed E-state index contributed by atoms with van der Waals surface area (Å²) in [6.07, 6.45) is -0.0638. The van der Waals surface area contributed by atoms with Gasteiger partial charge in [0.1, 0.15) is 0 Å². The average Bonchev–Trinajstić information content (AvgIpc) is 3.01. The molecule has 0 saturated heterocycles. The maximum absolute atomic E-state index is 11.9. The Morgan fingerprint density at radius 2 is 2.29 bits per heavy atom. The molecule has 2 amide bonds. The van der Waals surface area contributed by atoms with Crippen LogP contribution in [0.1, 0.15) is 28.9 Å². The number of benzene rings is 1. The van der Waals surface area contributed by atoms with Crippen LogP contribution in [0.5, 0.6) is 0 Å². The summed E-state index contributed by atoms with van der Waals surface area (Å²) >= 11 is 0. The first kappa shape index (κ1) is 13.6. The smallest absolute Gasteiger partial charge is 0.315 e. The highest BCUT2D eigenvalue weighted by atomic mass is 16.5. The molecule has 1 aliphatic rings. The van der Waals surface area contributed by atoms with Crippen molar-refractivity contribution >= 4 is 6.03 Å². The van der Waals surface area contributed by atoms with Crippen molar-refractivity contribution in [2.45, 2.75) is 32.0 Å². The van der Waals surface area contributed by atoms with Crippen LogP contribution in [0, 0.1) is 6.92 Å². The number of hydrogen-bond acceptors (Lipinski definition) is 5. The van der Waals surface area contributed by atoms with Crippen LogP contribution >= 0.6 is 0 Å². The average molecular weight is 288 g/mol. The predicted octanol–water partition coefficient (Wildman–Crippen LogP) is 0.836. The monoisotopic (exact) mass is 288 g/mol. The number of fused-ring (bicyclic) bond motifs is 1. The first-order chi connectivity index (χ1) is 10.1. The number of amides is 2. The van der Waals surface area contributed by atoms with Crippen LogP contribution in [-0.2, 0) is 13.0 Å². The molecule has 0 spiro atoms. The Bertz CT molecular complexity index is 655. The minimum absolute atomic E-state index is 0.174. The lowest BCUT2D eigenvalue weighted by atomic mass is 10.1. The van der Waals surface area contributed by atoms with E-state index in [0.29, 0.717) is 18.1 Å². The zero-order valence-electron chi connectivity index (χ0n) is 11.5. The summed E-state index contributed by atoms with van der Waals surface area (Å²) in [5.74, 6) is 0.863. The molecule has 3 N–H and O–H groups in total. The normalized spacial score (nSPS) is 20.1. The van der Waals surface area contributed by atoms with Crippen LogP contribution in [0.3, 0.4) is 0 Å². The van der Waals surface area contributed by atoms with Gasteiger partial charge in [0, 0.05) is 13.3 Å². The van der Waals surface area contributed by atoms with E-state index < -0.39 is 12.1 Å². The molecule has 0 radical (unpaired) electrons. The van der Waals surface area contributed by atoms with E-state index in [9.17, 15) is 9.90 Å². The Morgan fingerprint density at radius 3 is 3.05 bits per heavy atom. The number of carbonyl (C=O) groups is 1. The second kappa shape index (κ2) is 5.53. The maximum Gasteiger partial charge on any atom is 0.315 e. The SMILES string of the molecule is Cc1nc(CNC(=O)NC2c3ccccc3CC2O)no1. The van der Waals surface area contributed by atoms with Crippen LogP contribution in [0.15, 0.2) is 28.8 Å². The fourth-order valence-corrected chi connectivity index (χ4v) is 2.51. The van der Waals surface area contributed by atoms with Gasteiger partial charge < -0.3 is 20.3 Å².